The van der Waals surface area contributed by atoms with Gasteiger partial charge in [0, 0.05) is 50.5 Å². The number of pyridine rings is 1. The zero-order chi connectivity index (χ0) is 18.2. The Morgan fingerprint density at radius 1 is 1.20 bits per heavy atom. The van der Waals surface area contributed by atoms with Crippen molar-refractivity contribution in [3.05, 3.63) is 36.5 Å². The van der Waals surface area contributed by atoms with Crippen LogP contribution in [0.3, 0.4) is 0 Å². The molecule has 1 aromatic heterocycles. The highest BCUT2D eigenvalue weighted by molar-refractivity contribution is 7.87. The second-order valence-corrected chi connectivity index (χ2v) is 9.09. The normalized spacial score (nSPS) is 21.6. The highest BCUT2D eigenvalue weighted by Gasteiger charge is 2.38. The van der Waals surface area contributed by atoms with Crippen LogP contribution in [0.15, 0.2) is 36.5 Å². The Hall–Kier alpha value is -1.70. The first-order chi connectivity index (χ1) is 11.8. The lowest BCUT2D eigenvalue weighted by Crippen LogP contribution is -2.46. The minimum Gasteiger partial charge on any atom is -0.369 e. The molecule has 0 radical (unpaired) electrons. The molecule has 1 aliphatic rings. The molecule has 7 heteroatoms. The van der Waals surface area contributed by atoms with Gasteiger partial charge in [0.25, 0.3) is 10.2 Å². The van der Waals surface area contributed by atoms with E-state index in [9.17, 15) is 8.42 Å². The zero-order valence-corrected chi connectivity index (χ0v) is 16.0. The van der Waals surface area contributed by atoms with Crippen molar-refractivity contribution in [3.63, 3.8) is 0 Å². The Labute approximate surface area is 150 Å². The van der Waals surface area contributed by atoms with E-state index in [0.717, 1.165) is 23.1 Å². The molecule has 0 amide bonds. The van der Waals surface area contributed by atoms with Crippen LogP contribution in [-0.4, -0.2) is 50.9 Å². The number of hydrogen-bond acceptors (Lipinski definition) is 4. The molecule has 25 heavy (non-hydrogen) atoms. The maximum absolute atomic E-state index is 12.3. The standard InChI is InChI=1S/C18H26N4O2S/c1-13(2)15-11-22(12-17(15)20-25(23,24)21(3)4)18-9-10-19-16-8-6-5-7-14(16)18/h5-10,13,15,17,20H,11-12H2,1-4H3/t15-,17+/m0/s1. The number of anilines is 1. The van der Waals surface area contributed by atoms with Crippen molar-refractivity contribution >= 4 is 26.8 Å². The van der Waals surface area contributed by atoms with Crippen LogP contribution >= 0.6 is 0 Å². The van der Waals surface area contributed by atoms with Gasteiger partial charge in [-0.2, -0.15) is 17.4 Å². The molecular weight excluding hydrogens is 336 g/mol. The summed E-state index contributed by atoms with van der Waals surface area (Å²) in [5, 5.41) is 1.10. The maximum Gasteiger partial charge on any atom is 0.279 e. The molecule has 1 aromatic carbocycles. The maximum atomic E-state index is 12.3. The van der Waals surface area contributed by atoms with Crippen molar-refractivity contribution in [2.75, 3.05) is 32.1 Å². The van der Waals surface area contributed by atoms with Crippen LogP contribution in [-0.2, 0) is 10.2 Å². The summed E-state index contributed by atoms with van der Waals surface area (Å²) in [6.45, 7) is 5.78. The number of para-hydroxylation sites is 1. The second kappa shape index (κ2) is 6.90. The van der Waals surface area contributed by atoms with Crippen LogP contribution in [0.1, 0.15) is 13.8 Å². The van der Waals surface area contributed by atoms with Crippen LogP contribution < -0.4 is 9.62 Å². The third-order valence-corrected chi connectivity index (χ3v) is 6.53. The number of hydrogen-bond donors (Lipinski definition) is 1. The summed E-state index contributed by atoms with van der Waals surface area (Å²) in [6.07, 6.45) is 1.82. The summed E-state index contributed by atoms with van der Waals surface area (Å²) in [5.74, 6) is 0.634. The van der Waals surface area contributed by atoms with E-state index in [-0.39, 0.29) is 12.0 Å². The lowest BCUT2D eigenvalue weighted by molar-refractivity contribution is 0.358. The quantitative estimate of drug-likeness (QED) is 0.885. The van der Waals surface area contributed by atoms with Crippen molar-refractivity contribution in [2.45, 2.75) is 19.9 Å². The van der Waals surface area contributed by atoms with Crippen molar-refractivity contribution < 1.29 is 8.42 Å². The van der Waals surface area contributed by atoms with Crippen LogP contribution in [0.5, 0.6) is 0 Å². The number of nitrogens with zero attached hydrogens (tertiary/aromatic N) is 3. The molecule has 0 bridgehead atoms. The minimum atomic E-state index is -3.45. The lowest BCUT2D eigenvalue weighted by atomic mass is 9.92. The van der Waals surface area contributed by atoms with E-state index in [4.69, 9.17) is 0 Å². The van der Waals surface area contributed by atoms with E-state index in [1.54, 1.807) is 14.1 Å². The number of benzene rings is 1. The van der Waals surface area contributed by atoms with Crippen LogP contribution in [0.4, 0.5) is 5.69 Å². The summed E-state index contributed by atoms with van der Waals surface area (Å²) in [5.41, 5.74) is 2.07. The molecule has 3 rings (SSSR count). The van der Waals surface area contributed by atoms with Crippen LogP contribution in [0.2, 0.25) is 0 Å². The van der Waals surface area contributed by atoms with E-state index in [1.807, 2.05) is 30.5 Å². The summed E-state index contributed by atoms with van der Waals surface area (Å²) in [6, 6.07) is 9.96. The van der Waals surface area contributed by atoms with E-state index in [2.05, 4.69) is 34.5 Å². The first kappa shape index (κ1) is 18.1. The van der Waals surface area contributed by atoms with E-state index in [1.165, 1.54) is 4.31 Å². The predicted molar refractivity (Wildman–Crippen MR) is 102 cm³/mol. The van der Waals surface area contributed by atoms with E-state index >= 15 is 0 Å². The van der Waals surface area contributed by atoms with Crippen molar-refractivity contribution in [1.82, 2.24) is 14.0 Å². The van der Waals surface area contributed by atoms with Gasteiger partial charge in [0.05, 0.1) is 5.52 Å². The number of fused-ring (bicyclic) bond motifs is 1. The van der Waals surface area contributed by atoms with Gasteiger partial charge in [-0.1, -0.05) is 32.0 Å². The molecule has 0 spiro atoms. The van der Waals surface area contributed by atoms with Gasteiger partial charge in [-0.3, -0.25) is 4.98 Å². The highest BCUT2D eigenvalue weighted by Crippen LogP contribution is 2.33. The molecule has 0 unspecified atom stereocenters. The van der Waals surface area contributed by atoms with Gasteiger partial charge < -0.3 is 4.90 Å². The zero-order valence-electron chi connectivity index (χ0n) is 15.2. The summed E-state index contributed by atoms with van der Waals surface area (Å²) in [7, 11) is -0.349. The van der Waals surface area contributed by atoms with Gasteiger partial charge in [0.15, 0.2) is 0 Å². The Morgan fingerprint density at radius 2 is 1.92 bits per heavy atom. The lowest BCUT2D eigenvalue weighted by Gasteiger charge is -2.24. The molecule has 6 nitrogen and oxygen atoms in total. The first-order valence-corrected chi connectivity index (χ1v) is 10.0. The fraction of sp³-hybridized carbons (Fsp3) is 0.500. The average molecular weight is 362 g/mol. The molecule has 136 valence electrons. The summed E-state index contributed by atoms with van der Waals surface area (Å²) >= 11 is 0. The van der Waals surface area contributed by atoms with Gasteiger partial charge in [-0.15, -0.1) is 0 Å². The molecule has 0 saturated carbocycles. The van der Waals surface area contributed by atoms with Crippen molar-refractivity contribution in [3.8, 4) is 0 Å². The molecule has 1 aliphatic heterocycles. The number of rotatable bonds is 5. The molecule has 2 aromatic rings. The predicted octanol–water partition coefficient (Wildman–Crippen LogP) is 2.09. The molecule has 2 atom stereocenters. The SMILES string of the molecule is CC(C)[C@@H]1CN(c2ccnc3ccccc23)C[C@H]1NS(=O)(=O)N(C)C. The fourth-order valence-electron chi connectivity index (χ4n) is 3.48. The van der Waals surface area contributed by atoms with Gasteiger partial charge in [0.2, 0.25) is 0 Å². The smallest absolute Gasteiger partial charge is 0.279 e. The second-order valence-electron chi connectivity index (χ2n) is 7.17. The van der Waals surface area contributed by atoms with E-state index < -0.39 is 10.2 Å². The van der Waals surface area contributed by atoms with Crippen molar-refractivity contribution in [1.29, 1.82) is 0 Å². The molecule has 1 N–H and O–H groups in total. The molecule has 0 aliphatic carbocycles. The Bertz CT molecular complexity index is 846. The van der Waals surface area contributed by atoms with Gasteiger partial charge >= 0.3 is 0 Å². The third kappa shape index (κ3) is 3.63. The van der Waals surface area contributed by atoms with Gasteiger partial charge in [-0.05, 0) is 24.0 Å². The first-order valence-electron chi connectivity index (χ1n) is 8.58. The number of nitrogens with one attached hydrogen (secondary N) is 1. The third-order valence-electron chi connectivity index (χ3n) is 4.97. The van der Waals surface area contributed by atoms with Crippen molar-refractivity contribution in [2.24, 2.45) is 11.8 Å². The Morgan fingerprint density at radius 3 is 2.60 bits per heavy atom. The Kier molecular flexibility index (Phi) is 4.99. The fourth-order valence-corrected chi connectivity index (χ4v) is 4.32. The molecule has 2 heterocycles. The summed E-state index contributed by atoms with van der Waals surface area (Å²) < 4.78 is 28.7. The van der Waals surface area contributed by atoms with Gasteiger partial charge in [-0.25, -0.2) is 0 Å². The highest BCUT2D eigenvalue weighted by atomic mass is 32.2. The monoisotopic (exact) mass is 362 g/mol. The van der Waals surface area contributed by atoms with Crippen LogP contribution in [0.25, 0.3) is 10.9 Å². The van der Waals surface area contributed by atoms with E-state index in [0.29, 0.717) is 12.5 Å². The largest absolute Gasteiger partial charge is 0.369 e. The topological polar surface area (TPSA) is 65.5 Å². The average Bonchev–Trinajstić information content (AvgIpc) is 2.97. The molecular formula is C18H26N4O2S. The minimum absolute atomic E-state index is 0.112. The Balaban J connectivity index is 1.92. The molecule has 1 saturated heterocycles. The molecule has 1 fully saturated rings. The number of aromatic nitrogens is 1. The van der Waals surface area contributed by atoms with Crippen LogP contribution in [0, 0.1) is 11.8 Å². The van der Waals surface area contributed by atoms with Gasteiger partial charge in [0.1, 0.15) is 0 Å². The summed E-state index contributed by atoms with van der Waals surface area (Å²) in [4.78, 5) is 6.70.